The zero-order chi connectivity index (χ0) is 7.98. The van der Waals surface area contributed by atoms with Gasteiger partial charge in [0.2, 0.25) is 0 Å². The Hall–Kier alpha value is -0.340. The van der Waals surface area contributed by atoms with Crippen molar-refractivity contribution < 1.29 is 5.11 Å². The summed E-state index contributed by atoms with van der Waals surface area (Å²) in [4.78, 5) is 1.07. The summed E-state index contributed by atoms with van der Waals surface area (Å²) in [6.45, 7) is 6.19. The normalized spacial score (nSPS) is 8.40. The Morgan fingerprint density at radius 1 is 1.50 bits per heavy atom. The van der Waals surface area contributed by atoms with E-state index in [-0.39, 0.29) is 6.61 Å². The summed E-state index contributed by atoms with van der Waals surface area (Å²) >= 11 is 1.60. The molecule has 2 heteroatoms. The maximum Gasteiger partial charge on any atom is 0.0777 e. The molecule has 0 saturated carbocycles. The van der Waals surface area contributed by atoms with E-state index in [0.29, 0.717) is 0 Å². The summed E-state index contributed by atoms with van der Waals surface area (Å²) in [6.07, 6.45) is 0. The summed E-state index contributed by atoms with van der Waals surface area (Å²) in [5, 5.41) is 10.6. The fourth-order valence-corrected chi connectivity index (χ4v) is 1.33. The van der Waals surface area contributed by atoms with Crippen LogP contribution < -0.4 is 0 Å². The molecule has 0 bridgehead atoms. The lowest BCUT2D eigenvalue weighted by Gasteiger charge is -1.87. The molecule has 0 radical (unpaired) electrons. The highest BCUT2D eigenvalue weighted by molar-refractivity contribution is 7.10. The van der Waals surface area contributed by atoms with Crippen molar-refractivity contribution in [2.75, 3.05) is 0 Å². The van der Waals surface area contributed by atoms with E-state index in [1.165, 1.54) is 5.56 Å². The zero-order valence-corrected chi connectivity index (χ0v) is 7.53. The summed E-state index contributed by atoms with van der Waals surface area (Å²) in [5.41, 5.74) is 1.19. The molecule has 0 aliphatic rings. The van der Waals surface area contributed by atoms with E-state index in [1.807, 2.05) is 32.2 Å². The van der Waals surface area contributed by atoms with Gasteiger partial charge in [0, 0.05) is 4.88 Å². The van der Waals surface area contributed by atoms with Crippen molar-refractivity contribution in [3.8, 4) is 0 Å². The van der Waals surface area contributed by atoms with Crippen LogP contribution >= 0.6 is 11.3 Å². The Morgan fingerprint density at radius 3 is 2.30 bits per heavy atom. The molecule has 1 N–H and O–H groups in total. The van der Waals surface area contributed by atoms with Gasteiger partial charge in [-0.05, 0) is 23.9 Å². The Kier molecular flexibility index (Phi) is 5.26. The second-order valence-electron chi connectivity index (χ2n) is 1.68. The zero-order valence-electron chi connectivity index (χ0n) is 6.72. The number of aliphatic hydroxyl groups excluding tert-OH is 1. The van der Waals surface area contributed by atoms with Crippen molar-refractivity contribution in [1.82, 2.24) is 0 Å². The molecule has 1 aromatic rings. The van der Waals surface area contributed by atoms with Gasteiger partial charge in [0.1, 0.15) is 0 Å². The summed E-state index contributed by atoms with van der Waals surface area (Å²) in [6, 6.07) is 2.01. The third-order valence-corrected chi connectivity index (χ3v) is 2.12. The first kappa shape index (κ1) is 9.66. The van der Waals surface area contributed by atoms with Crippen LogP contribution in [0.2, 0.25) is 0 Å². The van der Waals surface area contributed by atoms with Gasteiger partial charge in [-0.1, -0.05) is 13.8 Å². The van der Waals surface area contributed by atoms with E-state index in [9.17, 15) is 0 Å². The third kappa shape index (κ3) is 2.50. The lowest BCUT2D eigenvalue weighted by atomic mass is 10.3. The predicted molar refractivity (Wildman–Crippen MR) is 46.3 cm³/mol. The molecule has 1 nitrogen and oxygen atoms in total. The number of hydrogen-bond acceptors (Lipinski definition) is 2. The van der Waals surface area contributed by atoms with E-state index >= 15 is 0 Å². The second-order valence-corrected chi connectivity index (χ2v) is 2.69. The van der Waals surface area contributed by atoms with Crippen LogP contribution in [-0.4, -0.2) is 5.11 Å². The van der Waals surface area contributed by atoms with Gasteiger partial charge in [-0.3, -0.25) is 0 Å². The number of aliphatic hydroxyl groups is 1. The number of hydrogen-bond donors (Lipinski definition) is 1. The first-order chi connectivity index (χ1) is 4.84. The highest BCUT2D eigenvalue weighted by atomic mass is 32.1. The van der Waals surface area contributed by atoms with E-state index in [2.05, 4.69) is 0 Å². The largest absolute Gasteiger partial charge is 0.391 e. The van der Waals surface area contributed by atoms with Gasteiger partial charge in [0.05, 0.1) is 6.61 Å². The average molecular weight is 158 g/mol. The number of thiophene rings is 1. The van der Waals surface area contributed by atoms with Gasteiger partial charge in [-0.15, -0.1) is 11.3 Å². The molecular weight excluding hydrogens is 144 g/mol. The van der Waals surface area contributed by atoms with Crippen molar-refractivity contribution in [3.05, 3.63) is 21.9 Å². The molecule has 0 saturated heterocycles. The number of rotatable bonds is 1. The van der Waals surface area contributed by atoms with Crippen LogP contribution in [0.15, 0.2) is 11.4 Å². The fraction of sp³-hybridized carbons (Fsp3) is 0.500. The SMILES string of the molecule is CC.Cc1ccsc1CO. The maximum atomic E-state index is 8.62. The minimum absolute atomic E-state index is 0.184. The summed E-state index contributed by atoms with van der Waals surface area (Å²) in [5.74, 6) is 0. The number of aryl methyl sites for hydroxylation is 1. The van der Waals surface area contributed by atoms with Crippen LogP contribution in [0.25, 0.3) is 0 Å². The predicted octanol–water partition coefficient (Wildman–Crippen LogP) is 2.58. The van der Waals surface area contributed by atoms with Crippen molar-refractivity contribution in [2.24, 2.45) is 0 Å². The van der Waals surface area contributed by atoms with Crippen molar-refractivity contribution >= 4 is 11.3 Å². The van der Waals surface area contributed by atoms with Crippen LogP contribution in [0.5, 0.6) is 0 Å². The van der Waals surface area contributed by atoms with Gasteiger partial charge in [-0.25, -0.2) is 0 Å². The molecule has 1 heterocycles. The molecule has 0 amide bonds. The molecule has 0 aliphatic carbocycles. The van der Waals surface area contributed by atoms with E-state index in [0.717, 1.165) is 4.88 Å². The maximum absolute atomic E-state index is 8.62. The molecule has 0 unspecified atom stereocenters. The Bertz CT molecular complexity index is 170. The van der Waals surface area contributed by atoms with Crippen LogP contribution in [0.1, 0.15) is 24.3 Å². The van der Waals surface area contributed by atoms with Crippen LogP contribution in [0.3, 0.4) is 0 Å². The highest BCUT2D eigenvalue weighted by Gasteiger charge is 1.93. The fourth-order valence-electron chi connectivity index (χ4n) is 0.566. The minimum atomic E-state index is 0.184. The van der Waals surface area contributed by atoms with Gasteiger partial charge < -0.3 is 5.11 Å². The van der Waals surface area contributed by atoms with Crippen LogP contribution in [0.4, 0.5) is 0 Å². The monoisotopic (exact) mass is 158 g/mol. The Balaban J connectivity index is 0.000000371. The van der Waals surface area contributed by atoms with E-state index in [4.69, 9.17) is 5.11 Å². The highest BCUT2D eigenvalue weighted by Crippen LogP contribution is 2.14. The second kappa shape index (κ2) is 5.45. The van der Waals surface area contributed by atoms with Crippen molar-refractivity contribution in [3.63, 3.8) is 0 Å². The van der Waals surface area contributed by atoms with Crippen molar-refractivity contribution in [1.29, 1.82) is 0 Å². The molecule has 0 aliphatic heterocycles. The topological polar surface area (TPSA) is 20.2 Å². The standard InChI is InChI=1S/C6H8OS.C2H6/c1-5-2-3-8-6(5)4-7;1-2/h2-3,7H,4H2,1H3;1-2H3. The summed E-state index contributed by atoms with van der Waals surface area (Å²) in [7, 11) is 0. The van der Waals surface area contributed by atoms with E-state index < -0.39 is 0 Å². The molecule has 1 aromatic heterocycles. The Labute approximate surface area is 66.3 Å². The molecular formula is C8H14OS. The van der Waals surface area contributed by atoms with Gasteiger partial charge in [0.15, 0.2) is 0 Å². The minimum Gasteiger partial charge on any atom is -0.391 e. The third-order valence-electron chi connectivity index (χ3n) is 1.11. The van der Waals surface area contributed by atoms with Crippen LogP contribution in [-0.2, 0) is 6.61 Å². The van der Waals surface area contributed by atoms with Gasteiger partial charge in [-0.2, -0.15) is 0 Å². The Morgan fingerprint density at radius 2 is 2.10 bits per heavy atom. The van der Waals surface area contributed by atoms with E-state index in [1.54, 1.807) is 11.3 Å². The van der Waals surface area contributed by atoms with Gasteiger partial charge >= 0.3 is 0 Å². The summed E-state index contributed by atoms with van der Waals surface area (Å²) < 4.78 is 0. The van der Waals surface area contributed by atoms with Crippen LogP contribution in [0, 0.1) is 6.92 Å². The lowest BCUT2D eigenvalue weighted by molar-refractivity contribution is 0.285. The molecule has 1 rings (SSSR count). The average Bonchev–Trinajstić information content (AvgIpc) is 2.39. The molecule has 58 valence electrons. The molecule has 0 spiro atoms. The molecule has 0 aromatic carbocycles. The first-order valence-electron chi connectivity index (χ1n) is 3.48. The first-order valence-corrected chi connectivity index (χ1v) is 4.36. The molecule has 10 heavy (non-hydrogen) atoms. The molecule has 0 fully saturated rings. The van der Waals surface area contributed by atoms with Gasteiger partial charge in [0.25, 0.3) is 0 Å². The quantitative estimate of drug-likeness (QED) is 0.666. The lowest BCUT2D eigenvalue weighted by Crippen LogP contribution is -1.76. The smallest absolute Gasteiger partial charge is 0.0777 e. The van der Waals surface area contributed by atoms with Crippen molar-refractivity contribution in [2.45, 2.75) is 27.4 Å². The molecule has 0 atom stereocenters.